The van der Waals surface area contributed by atoms with Gasteiger partial charge in [-0.1, -0.05) is 0 Å². The fourth-order valence-corrected chi connectivity index (χ4v) is 4.06. The lowest BCUT2D eigenvalue weighted by Gasteiger charge is -2.32. The smallest absolute Gasteiger partial charge is 0.342 e. The van der Waals surface area contributed by atoms with Crippen LogP contribution in [0.2, 0.25) is 0 Å². The number of likely N-dealkylation sites (tertiary alicyclic amines) is 2. The number of amides is 1. The van der Waals surface area contributed by atoms with E-state index in [1.807, 2.05) is 9.47 Å². The van der Waals surface area contributed by atoms with E-state index in [1.165, 1.54) is 4.68 Å². The third-order valence-corrected chi connectivity index (χ3v) is 5.66. The van der Waals surface area contributed by atoms with Gasteiger partial charge in [-0.25, -0.2) is 9.48 Å². The maximum Gasteiger partial charge on any atom is 0.345 e. The summed E-state index contributed by atoms with van der Waals surface area (Å²) in [6.45, 7) is 4.23. The Hall–Kier alpha value is -1.63. The van der Waals surface area contributed by atoms with Gasteiger partial charge in [-0.15, -0.1) is 0 Å². The minimum Gasteiger partial charge on any atom is -0.342 e. The molecule has 1 amide bonds. The van der Waals surface area contributed by atoms with Crippen LogP contribution in [0.1, 0.15) is 56.3 Å². The summed E-state index contributed by atoms with van der Waals surface area (Å²) in [5, 5.41) is 4.52. The Labute approximate surface area is 142 Å². The zero-order valence-corrected chi connectivity index (χ0v) is 14.5. The van der Waals surface area contributed by atoms with Crippen LogP contribution in [0.3, 0.4) is 0 Å². The molecule has 3 fully saturated rings. The monoisotopic (exact) mass is 333 g/mol. The van der Waals surface area contributed by atoms with Crippen LogP contribution in [0.5, 0.6) is 0 Å². The van der Waals surface area contributed by atoms with Gasteiger partial charge in [0.25, 0.3) is 0 Å². The minimum absolute atomic E-state index is 0.0270. The summed E-state index contributed by atoms with van der Waals surface area (Å²) in [5.74, 6) is 1.59. The van der Waals surface area contributed by atoms with Crippen molar-refractivity contribution >= 4 is 5.91 Å². The van der Waals surface area contributed by atoms with Gasteiger partial charge in [0.1, 0.15) is 5.82 Å². The number of rotatable bonds is 4. The number of piperidine rings is 1. The first-order chi connectivity index (χ1) is 11.6. The maximum atomic E-state index is 12.3. The largest absolute Gasteiger partial charge is 0.345 e. The van der Waals surface area contributed by atoms with Crippen LogP contribution in [0, 0.1) is 0 Å². The van der Waals surface area contributed by atoms with E-state index in [-0.39, 0.29) is 11.6 Å². The third kappa shape index (κ3) is 3.01. The molecule has 0 bridgehead atoms. The van der Waals surface area contributed by atoms with Crippen molar-refractivity contribution in [2.45, 2.75) is 50.5 Å². The molecule has 1 aromatic heterocycles. The quantitative estimate of drug-likeness (QED) is 0.814. The highest BCUT2D eigenvalue weighted by molar-refractivity contribution is 5.78. The molecule has 1 aromatic rings. The number of nitrogens with zero attached hydrogens (tertiary/aromatic N) is 5. The fraction of sp³-hybridized carbons (Fsp3) is 0.824. The fourth-order valence-electron chi connectivity index (χ4n) is 4.06. The molecule has 0 unspecified atom stereocenters. The van der Waals surface area contributed by atoms with Crippen molar-refractivity contribution in [3.63, 3.8) is 0 Å². The molecular formula is C17H27N5O2. The molecule has 0 spiro atoms. The molecule has 3 heterocycles. The van der Waals surface area contributed by atoms with E-state index < -0.39 is 0 Å². The number of hydrogen-bond donors (Lipinski definition) is 0. The van der Waals surface area contributed by atoms with Crippen LogP contribution in [0.15, 0.2) is 4.79 Å². The Kier molecular flexibility index (Phi) is 4.20. The highest BCUT2D eigenvalue weighted by Gasteiger charge is 2.34. The summed E-state index contributed by atoms with van der Waals surface area (Å²) in [4.78, 5) is 28.8. The summed E-state index contributed by atoms with van der Waals surface area (Å²) in [6, 6.07) is 0.371. The molecule has 24 heavy (non-hydrogen) atoms. The molecule has 0 aromatic carbocycles. The molecule has 0 N–H and O–H groups in total. The Balaban J connectivity index is 1.37. The Morgan fingerprint density at radius 2 is 1.75 bits per heavy atom. The highest BCUT2D eigenvalue weighted by Crippen LogP contribution is 2.37. The van der Waals surface area contributed by atoms with Crippen molar-refractivity contribution < 1.29 is 4.79 Å². The van der Waals surface area contributed by atoms with Gasteiger partial charge >= 0.3 is 5.69 Å². The SMILES string of the molecule is Cn1nc(C2CCN(CC(=O)N3CCCC3)CC2)n(C2CC2)c1=O. The van der Waals surface area contributed by atoms with Crippen LogP contribution in [-0.4, -0.2) is 62.8 Å². The van der Waals surface area contributed by atoms with Crippen LogP contribution in [-0.2, 0) is 11.8 Å². The lowest BCUT2D eigenvalue weighted by molar-refractivity contribution is -0.131. The minimum atomic E-state index is 0.0270. The highest BCUT2D eigenvalue weighted by atomic mass is 16.2. The van der Waals surface area contributed by atoms with Gasteiger partial charge in [-0.05, 0) is 51.6 Å². The lowest BCUT2D eigenvalue weighted by atomic mass is 9.96. The first-order valence-corrected chi connectivity index (χ1v) is 9.29. The molecule has 1 saturated carbocycles. The average Bonchev–Trinajstić information content (AvgIpc) is 3.16. The van der Waals surface area contributed by atoms with Gasteiger partial charge < -0.3 is 4.90 Å². The zero-order valence-electron chi connectivity index (χ0n) is 14.5. The molecule has 3 aliphatic rings. The second-order valence-corrected chi connectivity index (χ2v) is 7.50. The van der Waals surface area contributed by atoms with Crippen LogP contribution < -0.4 is 5.69 Å². The molecule has 4 rings (SSSR count). The van der Waals surface area contributed by atoms with Crippen molar-refractivity contribution in [2.24, 2.45) is 7.05 Å². The molecule has 0 atom stereocenters. The first kappa shape index (κ1) is 15.9. The van der Waals surface area contributed by atoms with Crippen molar-refractivity contribution in [2.75, 3.05) is 32.7 Å². The van der Waals surface area contributed by atoms with Crippen LogP contribution >= 0.6 is 0 Å². The van der Waals surface area contributed by atoms with Gasteiger partial charge in [0, 0.05) is 32.1 Å². The van der Waals surface area contributed by atoms with Gasteiger partial charge in [-0.2, -0.15) is 5.10 Å². The second-order valence-electron chi connectivity index (χ2n) is 7.50. The summed E-state index contributed by atoms with van der Waals surface area (Å²) < 4.78 is 3.41. The predicted molar refractivity (Wildman–Crippen MR) is 90.0 cm³/mol. The molecular weight excluding hydrogens is 306 g/mol. The molecule has 1 aliphatic carbocycles. The number of carbonyl (C=O) groups is 1. The molecule has 7 nitrogen and oxygen atoms in total. The normalized spacial score (nSPS) is 23.1. The molecule has 7 heteroatoms. The van der Waals surface area contributed by atoms with Crippen molar-refractivity contribution in [3.8, 4) is 0 Å². The Morgan fingerprint density at radius 1 is 1.08 bits per heavy atom. The van der Waals surface area contributed by atoms with E-state index in [2.05, 4.69) is 10.00 Å². The number of aromatic nitrogens is 3. The third-order valence-electron chi connectivity index (χ3n) is 5.66. The van der Waals surface area contributed by atoms with Gasteiger partial charge in [-0.3, -0.25) is 14.3 Å². The van der Waals surface area contributed by atoms with Gasteiger partial charge in [0.2, 0.25) is 5.91 Å². The van der Waals surface area contributed by atoms with E-state index in [0.29, 0.717) is 18.5 Å². The lowest BCUT2D eigenvalue weighted by Crippen LogP contribution is -2.42. The van der Waals surface area contributed by atoms with E-state index >= 15 is 0 Å². The predicted octanol–water partition coefficient (Wildman–Crippen LogP) is 0.718. The summed E-state index contributed by atoms with van der Waals surface area (Å²) in [6.07, 6.45) is 6.45. The number of hydrogen-bond acceptors (Lipinski definition) is 4. The van der Waals surface area contributed by atoms with Gasteiger partial charge in [0.05, 0.1) is 6.54 Å². The maximum absolute atomic E-state index is 12.3. The summed E-state index contributed by atoms with van der Waals surface area (Å²) in [7, 11) is 1.74. The Morgan fingerprint density at radius 3 is 2.38 bits per heavy atom. The molecule has 132 valence electrons. The summed E-state index contributed by atoms with van der Waals surface area (Å²) in [5.41, 5.74) is 0.0270. The van der Waals surface area contributed by atoms with Crippen molar-refractivity contribution in [1.29, 1.82) is 0 Å². The van der Waals surface area contributed by atoms with Crippen molar-refractivity contribution in [3.05, 3.63) is 16.3 Å². The van der Waals surface area contributed by atoms with E-state index in [9.17, 15) is 9.59 Å². The number of carbonyl (C=O) groups excluding carboxylic acids is 1. The zero-order chi connectivity index (χ0) is 16.7. The average molecular weight is 333 g/mol. The van der Waals surface area contributed by atoms with E-state index in [1.54, 1.807) is 7.05 Å². The van der Waals surface area contributed by atoms with E-state index in [4.69, 9.17) is 0 Å². The molecule has 2 saturated heterocycles. The topological polar surface area (TPSA) is 63.4 Å². The molecule has 0 radical (unpaired) electrons. The standard InChI is InChI=1S/C17H27N5O2/c1-19-17(24)22(14-4-5-14)16(18-19)13-6-10-20(11-7-13)12-15(23)21-8-2-3-9-21/h13-14H,2-12H2,1H3. The van der Waals surface area contributed by atoms with Gasteiger partial charge in [0.15, 0.2) is 0 Å². The first-order valence-electron chi connectivity index (χ1n) is 9.29. The van der Waals surface area contributed by atoms with Crippen molar-refractivity contribution in [1.82, 2.24) is 24.1 Å². The summed E-state index contributed by atoms with van der Waals surface area (Å²) >= 11 is 0. The number of aryl methyl sites for hydroxylation is 1. The van der Waals surface area contributed by atoms with E-state index in [0.717, 1.165) is 70.5 Å². The van der Waals surface area contributed by atoms with Crippen LogP contribution in [0.25, 0.3) is 0 Å². The van der Waals surface area contributed by atoms with Crippen LogP contribution in [0.4, 0.5) is 0 Å². The Bertz CT molecular complexity index is 661. The molecule has 2 aliphatic heterocycles. The second kappa shape index (κ2) is 6.35.